The summed E-state index contributed by atoms with van der Waals surface area (Å²) in [5, 5.41) is 5.64. The Hall–Kier alpha value is -1.72. The van der Waals surface area contributed by atoms with Gasteiger partial charge in [-0.25, -0.2) is 4.99 Å². The van der Waals surface area contributed by atoms with Crippen LogP contribution in [-0.4, -0.2) is 25.2 Å². The van der Waals surface area contributed by atoms with Crippen molar-refractivity contribution in [3.8, 4) is 0 Å². The zero-order valence-corrected chi connectivity index (χ0v) is 12.6. The molecule has 118 valence electrons. The van der Waals surface area contributed by atoms with E-state index in [0.717, 1.165) is 11.1 Å². The Balaban J connectivity index is 2.62. The molecule has 1 aromatic carbocycles. The van der Waals surface area contributed by atoms with Gasteiger partial charge in [-0.1, -0.05) is 23.8 Å². The summed E-state index contributed by atoms with van der Waals surface area (Å²) in [6.07, 6.45) is -5.03. The molecule has 0 bridgehead atoms. The van der Waals surface area contributed by atoms with Crippen LogP contribution in [0.1, 0.15) is 30.0 Å². The Labute approximate surface area is 123 Å². The molecule has 0 amide bonds. The molecule has 0 fully saturated rings. The first-order valence-corrected chi connectivity index (χ1v) is 6.97. The Morgan fingerprint density at radius 3 is 2.48 bits per heavy atom. The molecule has 0 spiro atoms. The first-order valence-electron chi connectivity index (χ1n) is 6.97. The minimum atomic E-state index is -4.15. The van der Waals surface area contributed by atoms with Gasteiger partial charge in [0.15, 0.2) is 5.96 Å². The Morgan fingerprint density at radius 1 is 1.19 bits per heavy atom. The first kappa shape index (κ1) is 17.3. The lowest BCUT2D eigenvalue weighted by atomic mass is 10.1. The number of halogens is 3. The van der Waals surface area contributed by atoms with Crippen molar-refractivity contribution in [2.75, 3.05) is 13.1 Å². The third-order valence-corrected chi connectivity index (χ3v) is 2.95. The van der Waals surface area contributed by atoms with Crippen LogP contribution in [0, 0.1) is 13.8 Å². The van der Waals surface area contributed by atoms with Crippen LogP contribution >= 0.6 is 0 Å². The number of hydrogen-bond donors (Lipinski definition) is 2. The second kappa shape index (κ2) is 7.90. The molecule has 21 heavy (non-hydrogen) atoms. The fourth-order valence-electron chi connectivity index (χ4n) is 1.85. The topological polar surface area (TPSA) is 36.4 Å². The zero-order chi connectivity index (χ0) is 15.9. The van der Waals surface area contributed by atoms with Gasteiger partial charge in [-0.3, -0.25) is 0 Å². The largest absolute Gasteiger partial charge is 0.390 e. The van der Waals surface area contributed by atoms with Crippen LogP contribution in [0.15, 0.2) is 23.2 Å². The third-order valence-electron chi connectivity index (χ3n) is 2.95. The van der Waals surface area contributed by atoms with E-state index in [0.29, 0.717) is 19.0 Å². The van der Waals surface area contributed by atoms with Gasteiger partial charge in [0.05, 0.1) is 13.0 Å². The quantitative estimate of drug-likeness (QED) is 0.646. The summed E-state index contributed by atoms with van der Waals surface area (Å²) in [5.74, 6) is 0.404. The number of alkyl halides is 3. The van der Waals surface area contributed by atoms with Gasteiger partial charge in [-0.15, -0.1) is 0 Å². The van der Waals surface area contributed by atoms with Crippen LogP contribution in [0.3, 0.4) is 0 Å². The van der Waals surface area contributed by atoms with Crippen molar-refractivity contribution in [3.05, 3.63) is 34.9 Å². The number of rotatable bonds is 5. The van der Waals surface area contributed by atoms with E-state index in [9.17, 15) is 13.2 Å². The van der Waals surface area contributed by atoms with Crippen LogP contribution in [-0.2, 0) is 6.54 Å². The second-order valence-corrected chi connectivity index (χ2v) is 4.92. The van der Waals surface area contributed by atoms with Crippen molar-refractivity contribution in [1.82, 2.24) is 10.6 Å². The molecule has 0 atom stereocenters. The van der Waals surface area contributed by atoms with E-state index < -0.39 is 12.6 Å². The molecule has 0 aliphatic heterocycles. The van der Waals surface area contributed by atoms with Crippen LogP contribution < -0.4 is 10.6 Å². The van der Waals surface area contributed by atoms with E-state index in [1.54, 1.807) is 0 Å². The Bertz CT molecular complexity index is 482. The summed E-state index contributed by atoms with van der Waals surface area (Å²) >= 11 is 0. The fourth-order valence-corrected chi connectivity index (χ4v) is 1.85. The van der Waals surface area contributed by atoms with Crippen LogP contribution in [0.4, 0.5) is 13.2 Å². The first-order chi connectivity index (χ1) is 9.81. The minimum Gasteiger partial charge on any atom is -0.357 e. The summed E-state index contributed by atoms with van der Waals surface area (Å²) in [6, 6.07) is 6.06. The highest BCUT2D eigenvalue weighted by Gasteiger charge is 2.26. The molecule has 0 unspecified atom stereocenters. The lowest BCUT2D eigenvalue weighted by molar-refractivity contribution is -0.132. The van der Waals surface area contributed by atoms with Crippen LogP contribution in [0.5, 0.6) is 0 Å². The number of nitrogens with one attached hydrogen (secondary N) is 2. The van der Waals surface area contributed by atoms with E-state index in [1.165, 1.54) is 5.56 Å². The summed E-state index contributed by atoms with van der Waals surface area (Å²) < 4.78 is 36.4. The average Bonchev–Trinajstić information content (AvgIpc) is 2.36. The van der Waals surface area contributed by atoms with E-state index in [2.05, 4.69) is 21.7 Å². The van der Waals surface area contributed by atoms with E-state index in [-0.39, 0.29) is 6.54 Å². The highest BCUT2D eigenvalue weighted by Crippen LogP contribution is 2.18. The molecule has 6 heteroatoms. The molecule has 1 rings (SSSR count). The maximum Gasteiger partial charge on any atom is 0.390 e. The molecule has 0 saturated heterocycles. The van der Waals surface area contributed by atoms with Crippen molar-refractivity contribution in [1.29, 1.82) is 0 Å². The summed E-state index contributed by atoms with van der Waals surface area (Å²) in [4.78, 5) is 4.32. The van der Waals surface area contributed by atoms with Crippen LogP contribution in [0.25, 0.3) is 0 Å². The predicted molar refractivity (Wildman–Crippen MR) is 79.4 cm³/mol. The summed E-state index contributed by atoms with van der Waals surface area (Å²) in [5.41, 5.74) is 3.37. The van der Waals surface area contributed by atoms with Gasteiger partial charge in [0, 0.05) is 13.1 Å². The molecule has 2 N–H and O–H groups in total. The van der Waals surface area contributed by atoms with Gasteiger partial charge >= 0.3 is 6.18 Å². The highest BCUT2D eigenvalue weighted by molar-refractivity contribution is 5.79. The number of guanidine groups is 1. The van der Waals surface area contributed by atoms with Gasteiger partial charge in [-0.05, 0) is 31.9 Å². The lowest BCUT2D eigenvalue weighted by Gasteiger charge is -2.13. The monoisotopic (exact) mass is 301 g/mol. The van der Waals surface area contributed by atoms with Gasteiger partial charge in [0.25, 0.3) is 0 Å². The number of hydrogen-bond acceptors (Lipinski definition) is 1. The fraction of sp³-hybridized carbons (Fsp3) is 0.533. The van der Waals surface area contributed by atoms with Crippen molar-refractivity contribution >= 4 is 5.96 Å². The van der Waals surface area contributed by atoms with Gasteiger partial charge in [0.2, 0.25) is 0 Å². The molecule has 0 aliphatic rings. The highest BCUT2D eigenvalue weighted by atomic mass is 19.4. The number of nitrogens with zero attached hydrogens (tertiary/aromatic N) is 1. The Kier molecular flexibility index (Phi) is 6.52. The van der Waals surface area contributed by atoms with Crippen molar-refractivity contribution in [2.24, 2.45) is 4.99 Å². The number of aryl methyl sites for hydroxylation is 2. The molecule has 0 radical (unpaired) electrons. The van der Waals surface area contributed by atoms with E-state index in [4.69, 9.17) is 0 Å². The van der Waals surface area contributed by atoms with E-state index in [1.807, 2.05) is 32.9 Å². The van der Waals surface area contributed by atoms with Crippen molar-refractivity contribution < 1.29 is 13.2 Å². The van der Waals surface area contributed by atoms with E-state index >= 15 is 0 Å². The van der Waals surface area contributed by atoms with Crippen molar-refractivity contribution in [3.63, 3.8) is 0 Å². The molecule has 3 nitrogen and oxygen atoms in total. The molecule has 0 aliphatic carbocycles. The maximum absolute atomic E-state index is 12.1. The van der Waals surface area contributed by atoms with Gasteiger partial charge in [-0.2, -0.15) is 13.2 Å². The lowest BCUT2D eigenvalue weighted by Crippen LogP contribution is -2.38. The average molecular weight is 301 g/mol. The number of benzene rings is 1. The molecule has 0 heterocycles. The summed E-state index contributed by atoms with van der Waals surface area (Å²) in [7, 11) is 0. The molecule has 1 aromatic rings. The standard InChI is InChI=1S/C15H22F3N3/c1-4-19-14(20-8-7-15(16,17)18)21-10-13-6-5-11(2)9-12(13)3/h5-6,9H,4,7-8,10H2,1-3H3,(H2,19,20,21). The number of aliphatic imine (C=N–C) groups is 1. The molecule has 0 aromatic heterocycles. The zero-order valence-electron chi connectivity index (χ0n) is 12.6. The van der Waals surface area contributed by atoms with Crippen molar-refractivity contribution in [2.45, 2.75) is 39.9 Å². The minimum absolute atomic E-state index is 0.178. The molecule has 0 saturated carbocycles. The molecular weight excluding hydrogens is 279 g/mol. The van der Waals surface area contributed by atoms with Gasteiger partial charge < -0.3 is 10.6 Å². The van der Waals surface area contributed by atoms with Crippen LogP contribution in [0.2, 0.25) is 0 Å². The normalized spacial score (nSPS) is 12.4. The second-order valence-electron chi connectivity index (χ2n) is 4.92. The van der Waals surface area contributed by atoms with Gasteiger partial charge in [0.1, 0.15) is 0 Å². The predicted octanol–water partition coefficient (Wildman–Crippen LogP) is 3.31. The SMILES string of the molecule is CCNC(=NCc1ccc(C)cc1C)NCCC(F)(F)F. The Morgan fingerprint density at radius 2 is 1.90 bits per heavy atom. The smallest absolute Gasteiger partial charge is 0.357 e. The maximum atomic E-state index is 12.1. The third kappa shape index (κ3) is 7.02. The molecular formula is C15H22F3N3. The summed E-state index contributed by atoms with van der Waals surface area (Å²) in [6.45, 7) is 6.75.